The van der Waals surface area contributed by atoms with Gasteiger partial charge in [0.25, 0.3) is 0 Å². The SMILES string of the molecule is COc1ccc2c3c1O[C@H]1C[C@@H](O)C=C[C@@]31CCN(C)C2.O=P(O)(O)O. The minimum atomic E-state index is -4.64. The van der Waals surface area contributed by atoms with Gasteiger partial charge in [-0.25, -0.2) is 4.57 Å². The summed E-state index contributed by atoms with van der Waals surface area (Å²) in [6, 6.07) is 4.16. The number of hydrogen-bond acceptors (Lipinski definition) is 5. The summed E-state index contributed by atoms with van der Waals surface area (Å²) in [7, 11) is -0.796. The summed E-state index contributed by atoms with van der Waals surface area (Å²) in [5.41, 5.74) is 2.48. The third-order valence-electron chi connectivity index (χ3n) is 5.15. The molecule has 4 N–H and O–H groups in total. The molecule has 0 amide bonds. The molecule has 0 fully saturated rings. The predicted octanol–water partition coefficient (Wildman–Crippen LogP) is 0.922. The molecule has 3 aliphatic rings. The van der Waals surface area contributed by atoms with Crippen molar-refractivity contribution in [1.29, 1.82) is 0 Å². The van der Waals surface area contributed by atoms with E-state index in [1.165, 1.54) is 11.1 Å². The first-order valence-electron chi connectivity index (χ1n) is 8.35. The van der Waals surface area contributed by atoms with E-state index >= 15 is 0 Å². The second kappa shape index (κ2) is 6.96. The summed E-state index contributed by atoms with van der Waals surface area (Å²) in [5.74, 6) is 1.68. The molecular weight excluding hydrogens is 361 g/mol. The largest absolute Gasteiger partial charge is 0.493 e. The lowest BCUT2D eigenvalue weighted by Crippen LogP contribution is -2.42. The van der Waals surface area contributed by atoms with Crippen LogP contribution in [0.25, 0.3) is 0 Å². The fraction of sp³-hybridized carbons (Fsp3) is 0.529. The monoisotopic (exact) mass is 385 g/mol. The highest BCUT2D eigenvalue weighted by molar-refractivity contribution is 7.45. The number of aliphatic hydroxyl groups excluding tert-OH is 1. The molecule has 4 rings (SSSR count). The zero-order chi connectivity index (χ0) is 19.1. The molecule has 144 valence electrons. The summed E-state index contributed by atoms with van der Waals surface area (Å²) in [4.78, 5) is 23.9. The van der Waals surface area contributed by atoms with Gasteiger partial charge in [0.1, 0.15) is 6.10 Å². The van der Waals surface area contributed by atoms with Crippen LogP contribution in [0.3, 0.4) is 0 Å². The first-order chi connectivity index (χ1) is 12.1. The molecule has 0 saturated heterocycles. The highest BCUT2D eigenvalue weighted by atomic mass is 31.2. The smallest absolute Gasteiger partial charge is 0.466 e. The van der Waals surface area contributed by atoms with Crippen LogP contribution in [-0.2, 0) is 16.5 Å². The van der Waals surface area contributed by atoms with Gasteiger partial charge >= 0.3 is 7.82 Å². The van der Waals surface area contributed by atoms with Crippen molar-refractivity contribution in [2.75, 3.05) is 20.7 Å². The van der Waals surface area contributed by atoms with Gasteiger partial charge in [0.05, 0.1) is 18.6 Å². The summed E-state index contributed by atoms with van der Waals surface area (Å²) < 4.78 is 20.6. The molecule has 0 bridgehead atoms. The minimum Gasteiger partial charge on any atom is -0.493 e. The Hall–Kier alpha value is -1.41. The van der Waals surface area contributed by atoms with Crippen molar-refractivity contribution in [2.45, 2.75) is 37.0 Å². The van der Waals surface area contributed by atoms with Gasteiger partial charge < -0.3 is 34.2 Å². The molecular formula is C17H24NO7P. The number of rotatable bonds is 1. The van der Waals surface area contributed by atoms with Crippen molar-refractivity contribution in [3.63, 3.8) is 0 Å². The maximum atomic E-state index is 9.97. The van der Waals surface area contributed by atoms with E-state index in [1.54, 1.807) is 7.11 Å². The highest BCUT2D eigenvalue weighted by Gasteiger charge is 2.52. The number of phosphoric acid groups is 1. The van der Waals surface area contributed by atoms with Crippen LogP contribution in [-0.4, -0.2) is 57.6 Å². The van der Waals surface area contributed by atoms with E-state index < -0.39 is 13.9 Å². The van der Waals surface area contributed by atoms with Gasteiger partial charge in [0.2, 0.25) is 0 Å². The van der Waals surface area contributed by atoms with Gasteiger partial charge in [-0.3, -0.25) is 0 Å². The molecule has 2 heterocycles. The summed E-state index contributed by atoms with van der Waals surface area (Å²) >= 11 is 0. The zero-order valence-electron chi connectivity index (χ0n) is 14.7. The van der Waals surface area contributed by atoms with Crippen molar-refractivity contribution < 1.29 is 33.8 Å². The number of methoxy groups -OCH3 is 1. The summed E-state index contributed by atoms with van der Waals surface area (Å²) in [5, 5.41) is 9.97. The number of hydrogen-bond donors (Lipinski definition) is 4. The minimum absolute atomic E-state index is 0.00838. The molecule has 0 aromatic heterocycles. The number of aliphatic hydroxyl groups is 1. The third-order valence-corrected chi connectivity index (χ3v) is 5.15. The Morgan fingerprint density at radius 3 is 2.69 bits per heavy atom. The van der Waals surface area contributed by atoms with Gasteiger partial charge in [-0.2, -0.15) is 0 Å². The molecule has 0 saturated carbocycles. The van der Waals surface area contributed by atoms with Crippen LogP contribution >= 0.6 is 7.82 Å². The fourth-order valence-corrected chi connectivity index (χ4v) is 4.08. The molecule has 1 aliphatic carbocycles. The van der Waals surface area contributed by atoms with Gasteiger partial charge in [-0.05, 0) is 31.6 Å². The topological polar surface area (TPSA) is 120 Å². The second-order valence-electron chi connectivity index (χ2n) is 6.94. The molecule has 0 unspecified atom stereocenters. The molecule has 1 aromatic rings. The maximum Gasteiger partial charge on any atom is 0.466 e. The molecule has 3 atom stereocenters. The molecule has 0 radical (unpaired) electrons. The van der Waals surface area contributed by atoms with E-state index in [0.717, 1.165) is 31.0 Å². The van der Waals surface area contributed by atoms with Gasteiger partial charge in [-0.15, -0.1) is 0 Å². The lowest BCUT2D eigenvalue weighted by Gasteiger charge is -2.35. The number of nitrogens with zero attached hydrogens (tertiary/aromatic N) is 1. The van der Waals surface area contributed by atoms with Crippen molar-refractivity contribution in [2.24, 2.45) is 0 Å². The quantitative estimate of drug-likeness (QED) is 0.416. The molecule has 2 aliphatic heterocycles. The van der Waals surface area contributed by atoms with E-state index in [1.807, 2.05) is 12.1 Å². The molecule has 9 heteroatoms. The van der Waals surface area contributed by atoms with Crippen LogP contribution in [0.5, 0.6) is 11.5 Å². The average molecular weight is 385 g/mol. The van der Waals surface area contributed by atoms with Crippen LogP contribution < -0.4 is 9.47 Å². The Bertz CT molecular complexity index is 753. The molecule has 1 spiro atoms. The lowest BCUT2D eigenvalue weighted by molar-refractivity contribution is 0.0821. The molecule has 8 nitrogen and oxygen atoms in total. The third kappa shape index (κ3) is 3.67. The lowest BCUT2D eigenvalue weighted by atomic mass is 9.69. The van der Waals surface area contributed by atoms with Crippen LogP contribution in [0.15, 0.2) is 24.3 Å². The van der Waals surface area contributed by atoms with Crippen molar-refractivity contribution in [3.8, 4) is 11.5 Å². The molecule has 1 aromatic carbocycles. The number of benzene rings is 1. The first kappa shape index (κ1) is 19.4. The Morgan fingerprint density at radius 1 is 1.35 bits per heavy atom. The van der Waals surface area contributed by atoms with Crippen LogP contribution in [0.1, 0.15) is 24.0 Å². The first-order valence-corrected chi connectivity index (χ1v) is 9.92. The van der Waals surface area contributed by atoms with Gasteiger partial charge in [0.15, 0.2) is 11.5 Å². The standard InChI is InChI=1S/C17H21NO3.H3O4P/c1-18-8-7-17-6-5-12(19)9-14(17)21-16-13(20-2)4-3-11(10-18)15(16)17;1-5(2,3)4/h3-6,12,14,19H,7-10H2,1-2H3;(H3,1,2,3,4)/t12-,14-,17-;/m0./s1. The van der Waals surface area contributed by atoms with Crippen LogP contribution in [0.4, 0.5) is 0 Å². The van der Waals surface area contributed by atoms with E-state index in [4.69, 9.17) is 28.7 Å². The molecule has 26 heavy (non-hydrogen) atoms. The normalized spacial score (nSPS) is 29.6. The van der Waals surface area contributed by atoms with E-state index in [9.17, 15) is 5.11 Å². The van der Waals surface area contributed by atoms with Gasteiger partial charge in [-0.1, -0.05) is 18.2 Å². The predicted molar refractivity (Wildman–Crippen MR) is 94.1 cm³/mol. The van der Waals surface area contributed by atoms with Crippen LogP contribution in [0, 0.1) is 0 Å². The maximum absolute atomic E-state index is 9.97. The van der Waals surface area contributed by atoms with E-state index in [0.29, 0.717) is 6.42 Å². The van der Waals surface area contributed by atoms with E-state index in [2.05, 4.69) is 24.1 Å². The Kier molecular flexibility index (Phi) is 5.18. The summed E-state index contributed by atoms with van der Waals surface area (Å²) in [6.07, 6.45) is 5.38. The van der Waals surface area contributed by atoms with Gasteiger partial charge in [0, 0.05) is 18.5 Å². The van der Waals surface area contributed by atoms with Crippen molar-refractivity contribution in [3.05, 3.63) is 35.4 Å². The van der Waals surface area contributed by atoms with Crippen LogP contribution in [0.2, 0.25) is 0 Å². The summed E-state index contributed by atoms with van der Waals surface area (Å²) in [6.45, 7) is 1.96. The number of ether oxygens (including phenoxy) is 2. The Labute approximate surface area is 151 Å². The van der Waals surface area contributed by atoms with E-state index in [-0.39, 0.29) is 11.5 Å². The fourth-order valence-electron chi connectivity index (χ4n) is 4.08. The highest BCUT2D eigenvalue weighted by Crippen LogP contribution is 2.55. The Balaban J connectivity index is 0.000000349. The van der Waals surface area contributed by atoms with Crippen molar-refractivity contribution in [1.82, 2.24) is 4.90 Å². The van der Waals surface area contributed by atoms with Crippen molar-refractivity contribution >= 4 is 7.82 Å². The Morgan fingerprint density at radius 2 is 2.04 bits per heavy atom. The second-order valence-corrected chi connectivity index (χ2v) is 7.97. The average Bonchev–Trinajstić information content (AvgIpc) is 2.78. The zero-order valence-corrected chi connectivity index (χ0v) is 15.6.